The number of halogens is 2. The molecule has 1 heterocycles. The van der Waals surface area contributed by atoms with Crippen LogP contribution in [0.4, 0.5) is 8.78 Å². The van der Waals surface area contributed by atoms with E-state index in [1.165, 1.54) is 18.5 Å². The third-order valence-corrected chi connectivity index (χ3v) is 2.80. The minimum absolute atomic E-state index is 0.171. The normalized spacial score (nSPS) is 12.0. The number of amides is 1. The highest BCUT2D eigenvalue weighted by molar-refractivity contribution is 5.92. The zero-order valence-electron chi connectivity index (χ0n) is 11.0. The lowest BCUT2D eigenvalue weighted by atomic mass is 10.1. The maximum absolute atomic E-state index is 13.1. The standard InChI is InChI=1S/C14H13F2N3O/c1-8-6-18-13(7-17-8)14(20)19-9(2)10-3-4-11(15)12(16)5-10/h3-7,9H,1-2H3,(H,19,20). The Hall–Kier alpha value is -2.37. The molecule has 0 aliphatic rings. The van der Waals surface area contributed by atoms with Crippen LogP contribution >= 0.6 is 0 Å². The highest BCUT2D eigenvalue weighted by Gasteiger charge is 2.14. The molecule has 0 radical (unpaired) electrons. The van der Waals surface area contributed by atoms with E-state index in [0.717, 1.165) is 12.1 Å². The number of hydrogen-bond donors (Lipinski definition) is 1. The molecule has 0 spiro atoms. The van der Waals surface area contributed by atoms with Gasteiger partial charge < -0.3 is 5.32 Å². The predicted molar refractivity (Wildman–Crippen MR) is 69.0 cm³/mol. The number of benzene rings is 1. The predicted octanol–water partition coefficient (Wildman–Crippen LogP) is 2.55. The largest absolute Gasteiger partial charge is 0.344 e. The van der Waals surface area contributed by atoms with Crippen LogP contribution in [-0.4, -0.2) is 15.9 Å². The van der Waals surface area contributed by atoms with Gasteiger partial charge in [0.15, 0.2) is 11.6 Å². The molecule has 1 amide bonds. The van der Waals surface area contributed by atoms with Crippen LogP contribution in [0.25, 0.3) is 0 Å². The number of hydrogen-bond acceptors (Lipinski definition) is 3. The van der Waals surface area contributed by atoms with Crippen molar-refractivity contribution in [3.63, 3.8) is 0 Å². The minimum Gasteiger partial charge on any atom is -0.344 e. The fourth-order valence-corrected chi connectivity index (χ4v) is 1.65. The summed E-state index contributed by atoms with van der Waals surface area (Å²) in [5, 5.41) is 2.65. The van der Waals surface area contributed by atoms with Gasteiger partial charge in [0.05, 0.1) is 17.9 Å². The molecule has 1 aromatic heterocycles. The first-order valence-corrected chi connectivity index (χ1v) is 6.02. The molecule has 0 aliphatic heterocycles. The van der Waals surface area contributed by atoms with Crippen molar-refractivity contribution >= 4 is 5.91 Å². The smallest absolute Gasteiger partial charge is 0.271 e. The lowest BCUT2D eigenvalue weighted by Gasteiger charge is -2.14. The molecule has 20 heavy (non-hydrogen) atoms. The van der Waals surface area contributed by atoms with Crippen LogP contribution < -0.4 is 5.32 Å². The van der Waals surface area contributed by atoms with Crippen molar-refractivity contribution in [2.75, 3.05) is 0 Å². The van der Waals surface area contributed by atoms with E-state index in [1.54, 1.807) is 13.8 Å². The van der Waals surface area contributed by atoms with Gasteiger partial charge in [-0.3, -0.25) is 9.78 Å². The summed E-state index contributed by atoms with van der Waals surface area (Å²) >= 11 is 0. The van der Waals surface area contributed by atoms with E-state index < -0.39 is 23.6 Å². The Balaban J connectivity index is 2.10. The van der Waals surface area contributed by atoms with E-state index in [4.69, 9.17) is 0 Å². The zero-order valence-corrected chi connectivity index (χ0v) is 11.0. The molecule has 0 aliphatic carbocycles. The summed E-state index contributed by atoms with van der Waals surface area (Å²) in [5.74, 6) is -2.29. The lowest BCUT2D eigenvalue weighted by molar-refractivity contribution is 0.0934. The van der Waals surface area contributed by atoms with E-state index >= 15 is 0 Å². The van der Waals surface area contributed by atoms with Crippen molar-refractivity contribution in [2.45, 2.75) is 19.9 Å². The number of nitrogens with one attached hydrogen (secondary N) is 1. The van der Waals surface area contributed by atoms with Gasteiger partial charge in [0.25, 0.3) is 5.91 Å². The van der Waals surface area contributed by atoms with Crippen molar-refractivity contribution in [1.82, 2.24) is 15.3 Å². The summed E-state index contributed by atoms with van der Waals surface area (Å²) in [6, 6.07) is 3.03. The summed E-state index contributed by atoms with van der Waals surface area (Å²) in [6.45, 7) is 3.44. The second kappa shape index (κ2) is 5.73. The Labute approximate surface area is 114 Å². The van der Waals surface area contributed by atoms with Crippen LogP contribution in [0.1, 0.15) is 34.7 Å². The Morgan fingerprint density at radius 2 is 1.95 bits per heavy atom. The number of rotatable bonds is 3. The van der Waals surface area contributed by atoms with Gasteiger partial charge in [-0.25, -0.2) is 13.8 Å². The molecule has 4 nitrogen and oxygen atoms in total. The summed E-state index contributed by atoms with van der Waals surface area (Å²) in [4.78, 5) is 19.8. The van der Waals surface area contributed by atoms with Gasteiger partial charge in [0.2, 0.25) is 0 Å². The van der Waals surface area contributed by atoms with Gasteiger partial charge in [-0.15, -0.1) is 0 Å². The van der Waals surface area contributed by atoms with Gasteiger partial charge in [-0.05, 0) is 31.5 Å². The van der Waals surface area contributed by atoms with Crippen molar-refractivity contribution in [3.05, 3.63) is 59.2 Å². The first kappa shape index (κ1) is 14.0. The molecule has 2 rings (SSSR count). The summed E-state index contributed by atoms with van der Waals surface area (Å²) in [5.41, 5.74) is 1.34. The molecule has 0 saturated carbocycles. The topological polar surface area (TPSA) is 54.9 Å². The Bertz CT molecular complexity index is 629. The molecule has 0 bridgehead atoms. The van der Waals surface area contributed by atoms with Crippen LogP contribution in [0.3, 0.4) is 0 Å². The van der Waals surface area contributed by atoms with Crippen LogP contribution in [-0.2, 0) is 0 Å². The monoisotopic (exact) mass is 277 g/mol. The fourth-order valence-electron chi connectivity index (χ4n) is 1.65. The van der Waals surface area contributed by atoms with Crippen molar-refractivity contribution < 1.29 is 13.6 Å². The van der Waals surface area contributed by atoms with Crippen molar-refractivity contribution in [2.24, 2.45) is 0 Å². The highest BCUT2D eigenvalue weighted by atomic mass is 19.2. The van der Waals surface area contributed by atoms with Crippen molar-refractivity contribution in [1.29, 1.82) is 0 Å². The number of aryl methyl sites for hydroxylation is 1. The summed E-state index contributed by atoms with van der Waals surface area (Å²) < 4.78 is 26.0. The third kappa shape index (κ3) is 3.14. The van der Waals surface area contributed by atoms with Crippen molar-refractivity contribution in [3.8, 4) is 0 Å². The van der Waals surface area contributed by atoms with E-state index in [-0.39, 0.29) is 5.69 Å². The van der Waals surface area contributed by atoms with Gasteiger partial charge in [0.1, 0.15) is 5.69 Å². The van der Waals surface area contributed by atoms with Gasteiger partial charge >= 0.3 is 0 Å². The van der Waals surface area contributed by atoms with Gasteiger partial charge in [0, 0.05) is 6.20 Å². The van der Waals surface area contributed by atoms with Crippen LogP contribution in [0.5, 0.6) is 0 Å². The molecular weight excluding hydrogens is 264 g/mol. The number of aromatic nitrogens is 2. The maximum atomic E-state index is 13.1. The second-order valence-corrected chi connectivity index (χ2v) is 4.41. The molecule has 1 unspecified atom stereocenters. The first-order chi connectivity index (χ1) is 9.47. The number of nitrogens with zero attached hydrogens (tertiary/aromatic N) is 2. The van der Waals surface area contributed by atoms with E-state index in [2.05, 4.69) is 15.3 Å². The zero-order chi connectivity index (χ0) is 14.7. The van der Waals surface area contributed by atoms with Crippen LogP contribution in [0.2, 0.25) is 0 Å². The number of carbonyl (C=O) groups excluding carboxylic acids is 1. The molecule has 0 fully saturated rings. The molecule has 6 heteroatoms. The van der Waals surface area contributed by atoms with E-state index in [0.29, 0.717) is 11.3 Å². The molecule has 1 N–H and O–H groups in total. The molecule has 0 saturated heterocycles. The van der Waals surface area contributed by atoms with E-state index in [1.807, 2.05) is 0 Å². The maximum Gasteiger partial charge on any atom is 0.271 e. The minimum atomic E-state index is -0.946. The Morgan fingerprint density at radius 1 is 1.20 bits per heavy atom. The van der Waals surface area contributed by atoms with Crippen LogP contribution in [0, 0.1) is 18.6 Å². The highest BCUT2D eigenvalue weighted by Crippen LogP contribution is 2.16. The molecule has 1 atom stereocenters. The molecule has 1 aromatic carbocycles. The van der Waals surface area contributed by atoms with Crippen LogP contribution in [0.15, 0.2) is 30.6 Å². The van der Waals surface area contributed by atoms with E-state index in [9.17, 15) is 13.6 Å². The summed E-state index contributed by atoms with van der Waals surface area (Å²) in [7, 11) is 0. The van der Waals surface area contributed by atoms with Gasteiger partial charge in [-0.1, -0.05) is 6.07 Å². The first-order valence-electron chi connectivity index (χ1n) is 6.02. The second-order valence-electron chi connectivity index (χ2n) is 4.41. The Kier molecular flexibility index (Phi) is 4.02. The fraction of sp³-hybridized carbons (Fsp3) is 0.214. The third-order valence-electron chi connectivity index (χ3n) is 2.80. The number of carbonyl (C=O) groups is 1. The Morgan fingerprint density at radius 3 is 2.55 bits per heavy atom. The SMILES string of the molecule is Cc1cnc(C(=O)NC(C)c2ccc(F)c(F)c2)cn1. The van der Waals surface area contributed by atoms with Gasteiger partial charge in [-0.2, -0.15) is 0 Å². The average Bonchev–Trinajstić information content (AvgIpc) is 2.42. The molecule has 2 aromatic rings. The molecular formula is C14H13F2N3O. The lowest BCUT2D eigenvalue weighted by Crippen LogP contribution is -2.27. The summed E-state index contributed by atoms with van der Waals surface area (Å²) in [6.07, 6.45) is 2.85. The average molecular weight is 277 g/mol. The molecule has 104 valence electrons. The quantitative estimate of drug-likeness (QED) is 0.938.